The molecule has 0 spiro atoms. The number of carbonyl (C=O) groups excluding carboxylic acids is 1. The van der Waals surface area contributed by atoms with E-state index in [9.17, 15) is 14.7 Å². The second kappa shape index (κ2) is 7.05. The Hall–Kier alpha value is -2.69. The number of hydrogen-bond donors (Lipinski definition) is 1. The summed E-state index contributed by atoms with van der Waals surface area (Å²) < 4.78 is 0. The molecule has 2 unspecified atom stereocenters. The number of benzene rings is 1. The molecule has 2 heterocycles. The molecule has 1 saturated heterocycles. The summed E-state index contributed by atoms with van der Waals surface area (Å²) in [5.74, 6) is -1.25. The second-order valence-corrected chi connectivity index (χ2v) is 6.78. The van der Waals surface area contributed by atoms with Crippen molar-refractivity contribution in [1.29, 1.82) is 0 Å². The monoisotopic (exact) mass is 338 g/mol. The van der Waals surface area contributed by atoms with Crippen molar-refractivity contribution < 1.29 is 14.7 Å². The number of aliphatic carboxylic acids is 1. The molecule has 1 amide bonds. The molecule has 130 valence electrons. The molecule has 2 atom stereocenters. The molecule has 1 fully saturated rings. The van der Waals surface area contributed by atoms with Crippen LogP contribution in [-0.2, 0) is 4.79 Å². The summed E-state index contributed by atoms with van der Waals surface area (Å²) in [5.41, 5.74) is 3.23. The molecular weight excluding hydrogens is 316 g/mol. The van der Waals surface area contributed by atoms with Crippen molar-refractivity contribution in [3.8, 4) is 11.3 Å². The van der Waals surface area contributed by atoms with E-state index in [1.165, 1.54) is 0 Å². The number of piperidine rings is 1. The number of amides is 1. The number of likely N-dealkylation sites (tertiary alicyclic amines) is 1. The molecule has 3 rings (SSSR count). The van der Waals surface area contributed by atoms with E-state index in [-0.39, 0.29) is 18.4 Å². The smallest absolute Gasteiger partial charge is 0.308 e. The molecule has 1 N–H and O–H groups in total. The van der Waals surface area contributed by atoms with E-state index in [0.29, 0.717) is 18.5 Å². The van der Waals surface area contributed by atoms with Gasteiger partial charge in [0.05, 0.1) is 11.6 Å². The first kappa shape index (κ1) is 17.1. The van der Waals surface area contributed by atoms with Gasteiger partial charge in [0.1, 0.15) is 0 Å². The van der Waals surface area contributed by atoms with Crippen molar-refractivity contribution in [2.75, 3.05) is 13.1 Å². The Labute approximate surface area is 147 Å². The third-order valence-electron chi connectivity index (χ3n) is 4.80. The Morgan fingerprint density at radius 3 is 2.64 bits per heavy atom. The van der Waals surface area contributed by atoms with Crippen LogP contribution in [0.15, 0.2) is 42.6 Å². The number of carbonyl (C=O) groups is 2. The van der Waals surface area contributed by atoms with E-state index in [0.717, 1.165) is 16.8 Å². The van der Waals surface area contributed by atoms with Crippen LogP contribution in [0.1, 0.15) is 29.3 Å². The molecule has 0 radical (unpaired) electrons. The maximum Gasteiger partial charge on any atom is 0.308 e. The quantitative estimate of drug-likeness (QED) is 0.933. The summed E-state index contributed by atoms with van der Waals surface area (Å²) in [6.07, 6.45) is 2.35. The third-order valence-corrected chi connectivity index (χ3v) is 4.80. The maximum absolute atomic E-state index is 13.0. The van der Waals surface area contributed by atoms with Gasteiger partial charge in [0.2, 0.25) is 0 Å². The molecule has 5 nitrogen and oxygen atoms in total. The van der Waals surface area contributed by atoms with Crippen LogP contribution < -0.4 is 0 Å². The van der Waals surface area contributed by atoms with Gasteiger partial charge in [-0.05, 0) is 43.0 Å². The highest BCUT2D eigenvalue weighted by Gasteiger charge is 2.32. The van der Waals surface area contributed by atoms with Crippen LogP contribution in [0.4, 0.5) is 0 Å². The number of rotatable bonds is 3. The molecule has 0 aliphatic carbocycles. The second-order valence-electron chi connectivity index (χ2n) is 6.78. The van der Waals surface area contributed by atoms with E-state index < -0.39 is 11.9 Å². The summed E-state index contributed by atoms with van der Waals surface area (Å²) in [6, 6.07) is 11.3. The van der Waals surface area contributed by atoms with Crippen LogP contribution in [0.3, 0.4) is 0 Å². The average Bonchev–Trinajstić information content (AvgIpc) is 2.61. The van der Waals surface area contributed by atoms with Crippen molar-refractivity contribution in [3.05, 3.63) is 53.7 Å². The number of carboxylic acid groups (broad SMARTS) is 1. The van der Waals surface area contributed by atoms with E-state index >= 15 is 0 Å². The Kier molecular flexibility index (Phi) is 4.83. The van der Waals surface area contributed by atoms with Crippen LogP contribution in [0.25, 0.3) is 11.3 Å². The molecule has 0 saturated carbocycles. The van der Waals surface area contributed by atoms with Gasteiger partial charge in [-0.2, -0.15) is 0 Å². The minimum absolute atomic E-state index is 0.104. The molecular formula is C20H22N2O3. The normalized spacial score (nSPS) is 20.3. The Morgan fingerprint density at radius 2 is 1.96 bits per heavy atom. The van der Waals surface area contributed by atoms with Crippen molar-refractivity contribution in [2.24, 2.45) is 11.8 Å². The molecule has 2 aromatic rings. The molecule has 1 aromatic heterocycles. The zero-order valence-electron chi connectivity index (χ0n) is 14.5. The number of aromatic nitrogens is 1. The van der Waals surface area contributed by atoms with E-state index in [1.807, 2.05) is 44.2 Å². The molecule has 1 aromatic carbocycles. The van der Waals surface area contributed by atoms with Gasteiger partial charge in [0.15, 0.2) is 0 Å². The lowest BCUT2D eigenvalue weighted by atomic mass is 9.89. The van der Waals surface area contributed by atoms with Gasteiger partial charge < -0.3 is 10.0 Å². The highest BCUT2D eigenvalue weighted by molar-refractivity contribution is 5.97. The zero-order valence-corrected chi connectivity index (χ0v) is 14.5. The third kappa shape index (κ3) is 3.55. The predicted octanol–water partition coefficient (Wildman–Crippen LogP) is 3.24. The van der Waals surface area contributed by atoms with Gasteiger partial charge in [-0.3, -0.25) is 14.6 Å². The molecule has 1 aliphatic heterocycles. The van der Waals surface area contributed by atoms with Crippen molar-refractivity contribution in [2.45, 2.75) is 20.3 Å². The number of carboxylic acids is 1. The van der Waals surface area contributed by atoms with Crippen LogP contribution >= 0.6 is 0 Å². The van der Waals surface area contributed by atoms with Crippen LogP contribution in [0.5, 0.6) is 0 Å². The van der Waals surface area contributed by atoms with Gasteiger partial charge in [-0.25, -0.2) is 0 Å². The maximum atomic E-state index is 13.0. The van der Waals surface area contributed by atoms with E-state index in [2.05, 4.69) is 4.98 Å². The van der Waals surface area contributed by atoms with Gasteiger partial charge in [-0.15, -0.1) is 0 Å². The number of nitrogens with zero attached hydrogens (tertiary/aromatic N) is 2. The topological polar surface area (TPSA) is 70.5 Å². The van der Waals surface area contributed by atoms with Crippen LogP contribution in [0.2, 0.25) is 0 Å². The molecule has 25 heavy (non-hydrogen) atoms. The summed E-state index contributed by atoms with van der Waals surface area (Å²) >= 11 is 0. The first-order valence-electron chi connectivity index (χ1n) is 8.50. The standard InChI is InChI=1S/C20H22N2O3/c1-13-10-15(20(24)25)12-22(11-13)19(23)17-7-5-6-16(14(17)2)18-8-3-4-9-21-18/h3-9,13,15H,10-12H2,1-2H3,(H,24,25). The van der Waals surface area contributed by atoms with Crippen LogP contribution in [-0.4, -0.2) is 40.0 Å². The van der Waals surface area contributed by atoms with Crippen molar-refractivity contribution >= 4 is 11.9 Å². The van der Waals surface area contributed by atoms with Gasteiger partial charge in [-0.1, -0.05) is 25.1 Å². The SMILES string of the molecule is Cc1c(C(=O)N2CC(C)CC(C(=O)O)C2)cccc1-c1ccccn1. The number of hydrogen-bond acceptors (Lipinski definition) is 3. The lowest BCUT2D eigenvalue weighted by Gasteiger charge is -2.35. The Balaban J connectivity index is 1.91. The lowest BCUT2D eigenvalue weighted by Crippen LogP contribution is -2.45. The van der Waals surface area contributed by atoms with Gasteiger partial charge >= 0.3 is 5.97 Å². The minimum atomic E-state index is -0.830. The zero-order chi connectivity index (χ0) is 18.0. The minimum Gasteiger partial charge on any atom is -0.481 e. The molecule has 0 bridgehead atoms. The van der Waals surface area contributed by atoms with Gasteiger partial charge in [0, 0.05) is 30.4 Å². The number of pyridine rings is 1. The predicted molar refractivity (Wildman–Crippen MR) is 95.2 cm³/mol. The summed E-state index contributed by atoms with van der Waals surface area (Å²) in [4.78, 5) is 30.4. The first-order valence-corrected chi connectivity index (χ1v) is 8.50. The fraction of sp³-hybridized carbons (Fsp3) is 0.350. The summed E-state index contributed by atoms with van der Waals surface area (Å²) in [5, 5.41) is 9.33. The molecule has 1 aliphatic rings. The molecule has 5 heteroatoms. The highest BCUT2D eigenvalue weighted by atomic mass is 16.4. The largest absolute Gasteiger partial charge is 0.481 e. The van der Waals surface area contributed by atoms with Crippen LogP contribution in [0, 0.1) is 18.8 Å². The first-order chi connectivity index (χ1) is 12.0. The Morgan fingerprint density at radius 1 is 1.16 bits per heavy atom. The fourth-order valence-corrected chi connectivity index (χ4v) is 3.53. The van der Waals surface area contributed by atoms with Crippen molar-refractivity contribution in [3.63, 3.8) is 0 Å². The highest BCUT2D eigenvalue weighted by Crippen LogP contribution is 2.27. The summed E-state index contributed by atoms with van der Waals surface area (Å²) in [7, 11) is 0. The summed E-state index contributed by atoms with van der Waals surface area (Å²) in [6.45, 7) is 4.77. The van der Waals surface area contributed by atoms with Crippen molar-refractivity contribution in [1.82, 2.24) is 9.88 Å². The van der Waals surface area contributed by atoms with E-state index in [1.54, 1.807) is 17.2 Å². The average molecular weight is 338 g/mol. The van der Waals surface area contributed by atoms with E-state index in [4.69, 9.17) is 0 Å². The van der Waals surface area contributed by atoms with Gasteiger partial charge in [0.25, 0.3) is 5.91 Å². The lowest BCUT2D eigenvalue weighted by molar-refractivity contribution is -0.143. The fourth-order valence-electron chi connectivity index (χ4n) is 3.53. The Bertz CT molecular complexity index is 789.